The topological polar surface area (TPSA) is 64.5 Å². The van der Waals surface area contributed by atoms with Gasteiger partial charge in [0, 0.05) is 12.5 Å². The lowest BCUT2D eigenvalue weighted by Gasteiger charge is -2.16. The van der Waals surface area contributed by atoms with Crippen LogP contribution in [0.25, 0.3) is 0 Å². The zero-order valence-electron chi connectivity index (χ0n) is 11.5. The molecule has 1 heterocycles. The molecule has 0 bridgehead atoms. The van der Waals surface area contributed by atoms with Gasteiger partial charge in [-0.05, 0) is 13.8 Å². The molecule has 0 aliphatic heterocycles. The Bertz CT molecular complexity index is 369. The molecule has 0 saturated heterocycles. The Morgan fingerprint density at radius 3 is 2.61 bits per heavy atom. The maximum atomic E-state index is 9.31. The van der Waals surface area contributed by atoms with E-state index in [1.54, 1.807) is 6.20 Å². The second-order valence-corrected chi connectivity index (χ2v) is 4.44. The molecule has 1 N–H and O–H groups in total. The van der Waals surface area contributed by atoms with Gasteiger partial charge < -0.3 is 14.6 Å². The van der Waals surface area contributed by atoms with Gasteiger partial charge in [0.2, 0.25) is 0 Å². The minimum Gasteiger partial charge on any atom is -0.485 e. The van der Waals surface area contributed by atoms with E-state index in [9.17, 15) is 5.11 Å². The molecule has 0 spiro atoms. The van der Waals surface area contributed by atoms with Crippen LogP contribution >= 0.6 is 0 Å². The number of hydrogen-bond acceptors (Lipinski definition) is 5. The third-order valence-corrected chi connectivity index (χ3v) is 2.40. The van der Waals surface area contributed by atoms with Crippen molar-refractivity contribution in [2.75, 3.05) is 13.2 Å². The van der Waals surface area contributed by atoms with E-state index in [-0.39, 0.29) is 18.6 Å². The van der Waals surface area contributed by atoms with E-state index in [1.807, 2.05) is 27.7 Å². The first-order chi connectivity index (χ1) is 8.58. The van der Waals surface area contributed by atoms with Gasteiger partial charge in [0.15, 0.2) is 5.75 Å². The van der Waals surface area contributed by atoms with Crippen LogP contribution < -0.4 is 4.74 Å². The summed E-state index contributed by atoms with van der Waals surface area (Å²) in [6, 6.07) is 0. The molecular weight excluding hydrogens is 232 g/mol. The van der Waals surface area contributed by atoms with Gasteiger partial charge in [0.25, 0.3) is 0 Å². The number of nitrogens with zero attached hydrogens (tertiary/aromatic N) is 2. The second kappa shape index (κ2) is 7.28. The molecule has 1 atom stereocenters. The largest absolute Gasteiger partial charge is 0.485 e. The monoisotopic (exact) mass is 254 g/mol. The highest BCUT2D eigenvalue weighted by Crippen LogP contribution is 2.19. The molecule has 18 heavy (non-hydrogen) atoms. The second-order valence-electron chi connectivity index (χ2n) is 4.44. The van der Waals surface area contributed by atoms with Crippen LogP contribution in [-0.4, -0.2) is 34.4 Å². The minimum atomic E-state index is -0.154. The van der Waals surface area contributed by atoms with Gasteiger partial charge in [0.1, 0.15) is 17.6 Å². The fourth-order valence-electron chi connectivity index (χ4n) is 1.45. The molecule has 102 valence electrons. The number of hydrogen-bond donors (Lipinski definition) is 1. The molecule has 0 radical (unpaired) electrons. The third-order valence-electron chi connectivity index (χ3n) is 2.40. The molecule has 0 fully saturated rings. The quantitative estimate of drug-likeness (QED) is 0.805. The highest BCUT2D eigenvalue weighted by Gasteiger charge is 2.12. The molecular formula is C13H22N2O3. The molecule has 5 heteroatoms. The molecule has 5 nitrogen and oxygen atoms in total. The summed E-state index contributed by atoms with van der Waals surface area (Å²) in [6.07, 6.45) is 1.53. The van der Waals surface area contributed by atoms with Crippen LogP contribution in [-0.2, 0) is 11.3 Å². The van der Waals surface area contributed by atoms with Crippen molar-refractivity contribution >= 4 is 0 Å². The Hall–Kier alpha value is -1.20. The first-order valence-corrected chi connectivity index (χ1v) is 6.29. The van der Waals surface area contributed by atoms with E-state index in [0.29, 0.717) is 30.5 Å². The Kier molecular flexibility index (Phi) is 6.01. The summed E-state index contributed by atoms with van der Waals surface area (Å²) in [4.78, 5) is 8.53. The van der Waals surface area contributed by atoms with Crippen molar-refractivity contribution in [1.29, 1.82) is 0 Å². The summed E-state index contributed by atoms with van der Waals surface area (Å²) < 4.78 is 10.9. The average molecular weight is 254 g/mol. The summed E-state index contributed by atoms with van der Waals surface area (Å²) in [5.74, 6) is 1.46. The molecule has 1 unspecified atom stereocenters. The Labute approximate surface area is 108 Å². The van der Waals surface area contributed by atoms with E-state index in [0.717, 1.165) is 0 Å². The predicted octanol–water partition coefficient (Wildman–Crippen LogP) is 1.90. The SMILES string of the molecule is CCOCC(C)Oc1cnc(C(C)C)nc1CO. The number of aromatic nitrogens is 2. The van der Waals surface area contributed by atoms with Crippen molar-refractivity contribution in [2.24, 2.45) is 0 Å². The predicted molar refractivity (Wildman–Crippen MR) is 68.6 cm³/mol. The number of aliphatic hydroxyl groups is 1. The third kappa shape index (κ3) is 4.23. The highest BCUT2D eigenvalue weighted by atomic mass is 16.5. The summed E-state index contributed by atoms with van der Waals surface area (Å²) in [6.45, 7) is 8.87. The summed E-state index contributed by atoms with van der Waals surface area (Å²) in [7, 11) is 0. The maximum absolute atomic E-state index is 9.31. The molecule has 1 aromatic rings. The van der Waals surface area contributed by atoms with Crippen LogP contribution in [0.5, 0.6) is 5.75 Å². The number of ether oxygens (including phenoxy) is 2. The van der Waals surface area contributed by atoms with Crippen LogP contribution in [0.1, 0.15) is 45.1 Å². The van der Waals surface area contributed by atoms with Crippen LogP contribution in [0.4, 0.5) is 0 Å². The molecule has 1 rings (SSSR count). The first kappa shape index (κ1) is 14.9. The molecule has 0 saturated carbocycles. The number of rotatable bonds is 7. The molecule has 0 aliphatic rings. The van der Waals surface area contributed by atoms with Gasteiger partial charge in [-0.3, -0.25) is 0 Å². The van der Waals surface area contributed by atoms with Crippen LogP contribution in [0.15, 0.2) is 6.20 Å². The van der Waals surface area contributed by atoms with Crippen molar-refractivity contribution in [3.05, 3.63) is 17.7 Å². The summed E-state index contributed by atoms with van der Waals surface area (Å²) in [5.41, 5.74) is 0.525. The van der Waals surface area contributed by atoms with Crippen LogP contribution in [0, 0.1) is 0 Å². The molecule has 1 aromatic heterocycles. The number of aliphatic hydroxyl groups excluding tert-OH is 1. The molecule has 0 aromatic carbocycles. The average Bonchev–Trinajstić information content (AvgIpc) is 2.36. The van der Waals surface area contributed by atoms with Gasteiger partial charge in [0.05, 0.1) is 19.4 Å². The molecule has 0 aliphatic carbocycles. The van der Waals surface area contributed by atoms with E-state index >= 15 is 0 Å². The summed E-state index contributed by atoms with van der Waals surface area (Å²) in [5, 5.41) is 9.31. The lowest BCUT2D eigenvalue weighted by molar-refractivity contribution is 0.0638. The van der Waals surface area contributed by atoms with Crippen LogP contribution in [0.2, 0.25) is 0 Å². The fourth-order valence-corrected chi connectivity index (χ4v) is 1.45. The van der Waals surface area contributed by atoms with Gasteiger partial charge in [-0.1, -0.05) is 13.8 Å². The van der Waals surface area contributed by atoms with Gasteiger partial charge in [-0.2, -0.15) is 0 Å². The fraction of sp³-hybridized carbons (Fsp3) is 0.692. The van der Waals surface area contributed by atoms with Crippen LogP contribution in [0.3, 0.4) is 0 Å². The van der Waals surface area contributed by atoms with E-state index in [1.165, 1.54) is 0 Å². The minimum absolute atomic E-state index is 0.0938. The summed E-state index contributed by atoms with van der Waals surface area (Å²) >= 11 is 0. The van der Waals surface area contributed by atoms with Gasteiger partial charge in [-0.15, -0.1) is 0 Å². The van der Waals surface area contributed by atoms with Crippen molar-refractivity contribution < 1.29 is 14.6 Å². The zero-order valence-corrected chi connectivity index (χ0v) is 11.5. The standard InChI is InChI=1S/C13H22N2O3/c1-5-17-8-10(4)18-12-6-14-13(9(2)3)15-11(12)7-16/h6,9-10,16H,5,7-8H2,1-4H3. The Morgan fingerprint density at radius 2 is 2.06 bits per heavy atom. The molecule has 0 amide bonds. The highest BCUT2D eigenvalue weighted by molar-refractivity contribution is 5.25. The maximum Gasteiger partial charge on any atom is 0.162 e. The van der Waals surface area contributed by atoms with Gasteiger partial charge >= 0.3 is 0 Å². The smallest absolute Gasteiger partial charge is 0.162 e. The normalized spacial score (nSPS) is 12.8. The van der Waals surface area contributed by atoms with Crippen molar-refractivity contribution in [3.63, 3.8) is 0 Å². The van der Waals surface area contributed by atoms with Crippen molar-refractivity contribution in [2.45, 2.75) is 46.3 Å². The first-order valence-electron chi connectivity index (χ1n) is 6.29. The Balaban J connectivity index is 2.76. The van der Waals surface area contributed by atoms with Crippen molar-refractivity contribution in [1.82, 2.24) is 9.97 Å². The van der Waals surface area contributed by atoms with E-state index in [2.05, 4.69) is 9.97 Å². The lowest BCUT2D eigenvalue weighted by atomic mass is 10.2. The van der Waals surface area contributed by atoms with E-state index in [4.69, 9.17) is 9.47 Å². The Morgan fingerprint density at radius 1 is 1.33 bits per heavy atom. The lowest BCUT2D eigenvalue weighted by Crippen LogP contribution is -2.20. The van der Waals surface area contributed by atoms with E-state index < -0.39 is 0 Å². The van der Waals surface area contributed by atoms with Crippen molar-refractivity contribution in [3.8, 4) is 5.75 Å². The zero-order chi connectivity index (χ0) is 13.5. The van der Waals surface area contributed by atoms with Gasteiger partial charge in [-0.25, -0.2) is 9.97 Å².